The second-order valence-electron chi connectivity index (χ2n) is 22.1. The molecule has 0 radical (unpaired) electrons. The lowest BCUT2D eigenvalue weighted by atomic mass is 9.59. The summed E-state index contributed by atoms with van der Waals surface area (Å²) in [6.07, 6.45) is 0. The van der Waals surface area contributed by atoms with E-state index in [1.165, 1.54) is 0 Å². The molecule has 0 heterocycles. The molecule has 2 aliphatic carbocycles. The summed E-state index contributed by atoms with van der Waals surface area (Å²) in [6.45, 7) is 25.1. The molecule has 7 aromatic rings. The van der Waals surface area contributed by atoms with Crippen molar-refractivity contribution >= 4 is 34.1 Å². The molecule has 2 aliphatic rings. The van der Waals surface area contributed by atoms with E-state index < -0.39 is 21.7 Å². The van der Waals surface area contributed by atoms with Crippen LogP contribution in [0.3, 0.4) is 0 Å². The van der Waals surface area contributed by atoms with Gasteiger partial charge in [0.2, 0.25) is 0 Å². The Morgan fingerprint density at radius 3 is 0.868 bits per heavy atom. The van der Waals surface area contributed by atoms with Crippen LogP contribution in [0.1, 0.15) is 105 Å². The van der Waals surface area contributed by atoms with Gasteiger partial charge in [-0.1, -0.05) is 150 Å². The number of fused-ring (bicyclic) bond motifs is 2. The van der Waals surface area contributed by atoms with Gasteiger partial charge < -0.3 is 40.4 Å². The molecule has 8 heteroatoms. The van der Waals surface area contributed by atoms with Crippen LogP contribution in [0.5, 0.6) is 34.5 Å². The first kappa shape index (κ1) is 46.1. The lowest BCUT2D eigenvalue weighted by Gasteiger charge is -2.44. The fraction of sp³-hybridized carbons (Fsp3) is 0.300. The van der Waals surface area contributed by atoms with Gasteiger partial charge >= 0.3 is 0 Å². The number of phenols is 6. The van der Waals surface area contributed by atoms with E-state index in [2.05, 4.69) is 99.0 Å². The number of para-hydroxylation sites is 2. The monoisotopic (exact) mass is 908 g/mol. The molecular weight excluding hydrogens is 845 g/mol. The van der Waals surface area contributed by atoms with Crippen molar-refractivity contribution in [1.82, 2.24) is 0 Å². The normalized spacial score (nSPS) is 17.6. The maximum Gasteiger partial charge on any atom is 0.169 e. The minimum Gasteiger partial charge on any atom is -0.507 e. The fourth-order valence-corrected chi connectivity index (χ4v) is 11.6. The van der Waals surface area contributed by atoms with E-state index in [-0.39, 0.29) is 56.5 Å². The minimum atomic E-state index is -0.560. The Bertz CT molecular complexity index is 2940. The maximum atomic E-state index is 12.3. The van der Waals surface area contributed by atoms with Gasteiger partial charge in [0.05, 0.1) is 11.1 Å². The van der Waals surface area contributed by atoms with Gasteiger partial charge in [-0.2, -0.15) is 0 Å². The van der Waals surface area contributed by atoms with Crippen LogP contribution in [0.25, 0.3) is 22.3 Å². The third kappa shape index (κ3) is 6.18. The first-order chi connectivity index (χ1) is 31.8. The highest BCUT2D eigenvalue weighted by Gasteiger charge is 2.61. The molecule has 8 nitrogen and oxygen atoms in total. The minimum absolute atomic E-state index is 0.0433. The largest absolute Gasteiger partial charge is 0.507 e. The summed E-state index contributed by atoms with van der Waals surface area (Å²) >= 11 is 0. The number of benzene rings is 7. The van der Waals surface area contributed by atoms with E-state index in [0.29, 0.717) is 33.4 Å². The van der Waals surface area contributed by atoms with Gasteiger partial charge in [-0.05, 0) is 110 Å². The summed E-state index contributed by atoms with van der Waals surface area (Å²) in [5.74, 6) is -1.23. The Labute approximate surface area is 401 Å². The molecule has 0 unspecified atom stereocenters. The number of rotatable bonds is 8. The molecule has 0 saturated carbocycles. The van der Waals surface area contributed by atoms with E-state index in [4.69, 9.17) is 0 Å². The van der Waals surface area contributed by atoms with Crippen molar-refractivity contribution in [3.05, 3.63) is 156 Å². The highest BCUT2D eigenvalue weighted by Crippen LogP contribution is 2.70. The number of aromatic hydroxyl groups is 6. The van der Waals surface area contributed by atoms with Gasteiger partial charge in [-0.15, -0.1) is 0 Å². The number of nitrogens with zero attached hydrogens (tertiary/aromatic N) is 2. The Balaban J connectivity index is 1.19. The molecule has 0 aliphatic heterocycles. The molecule has 350 valence electrons. The first-order valence-corrected chi connectivity index (χ1v) is 23.5. The van der Waals surface area contributed by atoms with Gasteiger partial charge in [-0.3, -0.25) is 0 Å². The van der Waals surface area contributed by atoms with Gasteiger partial charge in [0, 0.05) is 56.4 Å². The molecule has 0 spiro atoms. The number of phenolic OH excluding ortho intramolecular Hbond substituents is 6. The summed E-state index contributed by atoms with van der Waals surface area (Å²) < 4.78 is 0. The molecular formula is C60H64N2O6. The average Bonchev–Trinajstić information content (AvgIpc) is 3.48. The zero-order valence-electron chi connectivity index (χ0n) is 41.3. The number of anilines is 6. The van der Waals surface area contributed by atoms with Crippen LogP contribution in [-0.2, 0) is 21.7 Å². The van der Waals surface area contributed by atoms with E-state index in [1.807, 2.05) is 127 Å². The average molecular weight is 909 g/mol. The van der Waals surface area contributed by atoms with Crippen molar-refractivity contribution in [2.75, 3.05) is 9.80 Å². The standard InChI is InChI=1S/C60H64N2O6/c1-55(2)45-47(57(5,6)59(55,9)10)53(67)51(65)43(49(45)63)35-22-19-28-39(32-35)61(37-24-15-13-16-25-37)41-30-21-31-42(34-41)62(38-26-17-14-18-27-38)40-29-20-23-36(33-40)44-50(64)46-48(54(68)52(44)66)58(7,8)60(11,12)56(46,3)4/h13-34,63-68H,1-12H3. The molecule has 7 aromatic carbocycles. The Kier molecular flexibility index (Phi) is 10.3. The molecule has 9 rings (SSSR count). The third-order valence-corrected chi connectivity index (χ3v) is 17.8. The van der Waals surface area contributed by atoms with Gasteiger partial charge in [0.1, 0.15) is 11.5 Å². The molecule has 0 aromatic heterocycles. The lowest BCUT2D eigenvalue weighted by Crippen LogP contribution is -2.42. The van der Waals surface area contributed by atoms with E-state index in [9.17, 15) is 30.6 Å². The molecule has 0 bridgehead atoms. The Morgan fingerprint density at radius 1 is 0.279 bits per heavy atom. The van der Waals surface area contributed by atoms with Crippen LogP contribution in [0.2, 0.25) is 0 Å². The smallest absolute Gasteiger partial charge is 0.169 e. The predicted molar refractivity (Wildman–Crippen MR) is 276 cm³/mol. The predicted octanol–water partition coefficient (Wildman–Crippen LogP) is 15.4. The number of hydrogen-bond acceptors (Lipinski definition) is 8. The van der Waals surface area contributed by atoms with E-state index >= 15 is 0 Å². The van der Waals surface area contributed by atoms with Crippen molar-refractivity contribution < 1.29 is 30.6 Å². The molecule has 0 fully saturated rings. The highest BCUT2D eigenvalue weighted by atomic mass is 16.3. The van der Waals surface area contributed by atoms with Crippen LogP contribution in [0, 0.1) is 10.8 Å². The van der Waals surface area contributed by atoms with Crippen LogP contribution in [0.15, 0.2) is 133 Å². The summed E-state index contributed by atoms with van der Waals surface area (Å²) in [5, 5.41) is 71.7. The zero-order valence-corrected chi connectivity index (χ0v) is 41.3. The molecule has 0 amide bonds. The lowest BCUT2D eigenvalue weighted by molar-refractivity contribution is 0.122. The van der Waals surface area contributed by atoms with Crippen molar-refractivity contribution in [3.63, 3.8) is 0 Å². The van der Waals surface area contributed by atoms with Crippen LogP contribution < -0.4 is 9.80 Å². The highest BCUT2D eigenvalue weighted by molar-refractivity contribution is 5.91. The van der Waals surface area contributed by atoms with Crippen molar-refractivity contribution in [1.29, 1.82) is 0 Å². The van der Waals surface area contributed by atoms with Crippen LogP contribution in [0.4, 0.5) is 34.1 Å². The SMILES string of the molecule is CC1(C)c2c(O)c(O)c(-c3cccc(N(c4ccccc4)c4cccc(N(c5ccccc5)c5cccc(-c6c(O)c(O)c7c(c6O)C(C)(C)C(C)(C)C7(C)C)c5)c4)c3)c(O)c2C(C)(C)C1(C)C. The van der Waals surface area contributed by atoms with Crippen molar-refractivity contribution in [2.45, 2.75) is 105 Å². The second-order valence-corrected chi connectivity index (χ2v) is 22.1. The van der Waals surface area contributed by atoms with Crippen LogP contribution >= 0.6 is 0 Å². The molecule has 0 saturated heterocycles. The van der Waals surface area contributed by atoms with E-state index in [1.54, 1.807) is 0 Å². The van der Waals surface area contributed by atoms with Crippen molar-refractivity contribution in [3.8, 4) is 56.8 Å². The van der Waals surface area contributed by atoms with E-state index in [0.717, 1.165) is 34.1 Å². The Hall–Kier alpha value is -7.06. The topological polar surface area (TPSA) is 128 Å². The molecule has 6 N–H and O–H groups in total. The summed E-state index contributed by atoms with van der Waals surface area (Å²) in [6, 6.07) is 43.3. The third-order valence-electron chi connectivity index (χ3n) is 17.8. The zero-order chi connectivity index (χ0) is 49.3. The summed E-state index contributed by atoms with van der Waals surface area (Å²) in [7, 11) is 0. The van der Waals surface area contributed by atoms with Gasteiger partial charge in [0.25, 0.3) is 0 Å². The maximum absolute atomic E-state index is 12.3. The van der Waals surface area contributed by atoms with Gasteiger partial charge in [-0.25, -0.2) is 0 Å². The second kappa shape index (κ2) is 15.2. The summed E-state index contributed by atoms with van der Waals surface area (Å²) in [4.78, 5) is 4.22. The van der Waals surface area contributed by atoms with Crippen LogP contribution in [-0.4, -0.2) is 30.6 Å². The molecule has 68 heavy (non-hydrogen) atoms. The summed E-state index contributed by atoms with van der Waals surface area (Å²) in [5.41, 5.74) is 5.66. The quantitative estimate of drug-likeness (QED) is 0.0657. The van der Waals surface area contributed by atoms with Crippen molar-refractivity contribution in [2.24, 2.45) is 10.8 Å². The van der Waals surface area contributed by atoms with Gasteiger partial charge in [0.15, 0.2) is 23.0 Å². The molecule has 0 atom stereocenters. The number of hydrogen-bond donors (Lipinski definition) is 6. The Morgan fingerprint density at radius 2 is 0.544 bits per heavy atom. The fourth-order valence-electron chi connectivity index (χ4n) is 11.6. The first-order valence-electron chi connectivity index (χ1n) is 23.5.